The minimum Gasteiger partial charge on any atom is -0.456 e. The number of esters is 1. The Labute approximate surface area is 199 Å². The fourth-order valence-electron chi connectivity index (χ4n) is 4.14. The lowest BCUT2D eigenvalue weighted by Crippen LogP contribution is -3.11. The fraction of sp³-hybridized carbons (Fsp3) is 0.400. The Balaban J connectivity index is 1.51. The maximum absolute atomic E-state index is 12.7. The number of nitrogens with one attached hydrogen (secondary N) is 1. The zero-order chi connectivity index (χ0) is 24.5. The molecule has 2 aromatic heterocycles. The van der Waals surface area contributed by atoms with Crippen molar-refractivity contribution < 1.29 is 14.4 Å². The average molecular weight is 464 g/mol. The van der Waals surface area contributed by atoms with Gasteiger partial charge < -0.3 is 9.64 Å². The molecule has 1 aliphatic rings. The normalized spacial score (nSPS) is 18.6. The highest BCUT2D eigenvalue weighted by Crippen LogP contribution is 2.19. The third-order valence-corrected chi connectivity index (χ3v) is 5.87. The summed E-state index contributed by atoms with van der Waals surface area (Å²) in [5.41, 5.74) is 2.18. The van der Waals surface area contributed by atoms with Crippen LogP contribution < -0.4 is 15.4 Å². The number of carbonyl (C=O) groups excluding carboxylic acids is 1. The molecule has 0 aliphatic carbocycles. The van der Waals surface area contributed by atoms with Crippen molar-refractivity contribution in [2.75, 3.05) is 24.5 Å². The molecule has 9 heteroatoms. The van der Waals surface area contributed by atoms with Gasteiger partial charge in [0.1, 0.15) is 24.2 Å². The van der Waals surface area contributed by atoms with E-state index in [2.05, 4.69) is 21.8 Å². The maximum atomic E-state index is 12.7. The molecule has 9 nitrogen and oxygen atoms in total. The quantitative estimate of drug-likeness (QED) is 0.588. The van der Waals surface area contributed by atoms with E-state index in [1.54, 1.807) is 23.9 Å². The number of carbonyl (C=O) groups is 1. The summed E-state index contributed by atoms with van der Waals surface area (Å²) in [5.74, 6) is 0.315. The first kappa shape index (κ1) is 23.6. The van der Waals surface area contributed by atoms with E-state index < -0.39 is 5.60 Å². The van der Waals surface area contributed by atoms with Gasteiger partial charge in [-0.1, -0.05) is 0 Å². The van der Waals surface area contributed by atoms with Crippen LogP contribution in [0.4, 0.5) is 11.6 Å². The summed E-state index contributed by atoms with van der Waals surface area (Å²) in [6, 6.07) is 11.0. The molecule has 3 heterocycles. The van der Waals surface area contributed by atoms with E-state index in [0.29, 0.717) is 22.9 Å². The van der Waals surface area contributed by atoms with E-state index in [9.17, 15) is 9.59 Å². The average Bonchev–Trinajstić information content (AvgIpc) is 2.80. The first-order valence-electron chi connectivity index (χ1n) is 11.4. The number of nitrogens with zero attached hydrogens (tertiary/aromatic N) is 5. The minimum absolute atomic E-state index is 0.127. The standard InChI is InChI=1S/C25H30N6O3/c1-17-15-30(19-8-6-18(7-9-19)23(33)34-25(2,3)4)12-13-31(17)24-28-21(14-22(32)29(24)5)20-10-11-26-16-27-20/h6-11,14,16-17H,12-13,15H2,1-5H3/p+1/t17-/m1/s1. The summed E-state index contributed by atoms with van der Waals surface area (Å²) < 4.78 is 7.04. The molecule has 1 aromatic carbocycles. The van der Waals surface area contributed by atoms with Gasteiger partial charge in [-0.25, -0.2) is 19.7 Å². The molecule has 1 N–H and O–H groups in total. The van der Waals surface area contributed by atoms with Crippen molar-refractivity contribution in [1.82, 2.24) is 19.5 Å². The Morgan fingerprint density at radius 1 is 1.15 bits per heavy atom. The van der Waals surface area contributed by atoms with Gasteiger partial charge in [0, 0.05) is 19.3 Å². The molecule has 4 rings (SSSR count). The second kappa shape index (κ2) is 9.34. The van der Waals surface area contributed by atoms with Crippen molar-refractivity contribution in [2.45, 2.75) is 39.3 Å². The number of anilines is 1. The van der Waals surface area contributed by atoms with E-state index in [-0.39, 0.29) is 17.6 Å². The lowest BCUT2D eigenvalue weighted by molar-refractivity contribution is -0.836. The third-order valence-electron chi connectivity index (χ3n) is 5.87. The van der Waals surface area contributed by atoms with Crippen LogP contribution in [0.3, 0.4) is 0 Å². The molecule has 1 unspecified atom stereocenters. The molecule has 0 saturated carbocycles. The van der Waals surface area contributed by atoms with Gasteiger partial charge in [-0.3, -0.25) is 14.3 Å². The molecular formula is C25H31N6O3+. The Morgan fingerprint density at radius 3 is 2.50 bits per heavy atom. The highest BCUT2D eigenvalue weighted by Gasteiger charge is 2.31. The Kier molecular flexibility index (Phi) is 6.47. The van der Waals surface area contributed by atoms with Gasteiger partial charge in [-0.05, 0) is 58.0 Å². The number of hydrogen-bond acceptors (Lipinski definition) is 7. The van der Waals surface area contributed by atoms with E-state index in [0.717, 1.165) is 25.3 Å². The van der Waals surface area contributed by atoms with Crippen molar-refractivity contribution in [3.63, 3.8) is 0 Å². The van der Waals surface area contributed by atoms with Crippen LogP contribution in [0.15, 0.2) is 53.7 Å². The molecule has 1 aliphatic heterocycles. The Morgan fingerprint density at radius 2 is 1.88 bits per heavy atom. The second-order valence-corrected chi connectivity index (χ2v) is 9.61. The van der Waals surface area contributed by atoms with Crippen LogP contribution >= 0.6 is 0 Å². The number of quaternary nitrogens is 1. The third kappa shape index (κ3) is 5.14. The fourth-order valence-corrected chi connectivity index (χ4v) is 4.14. The van der Waals surface area contributed by atoms with Crippen LogP contribution in [0.2, 0.25) is 0 Å². The van der Waals surface area contributed by atoms with E-state index in [1.165, 1.54) is 17.3 Å². The molecule has 0 radical (unpaired) electrons. The predicted octanol–water partition coefficient (Wildman–Crippen LogP) is 1.62. The molecule has 2 atom stereocenters. The molecule has 0 spiro atoms. The highest BCUT2D eigenvalue weighted by molar-refractivity contribution is 5.89. The van der Waals surface area contributed by atoms with E-state index in [1.807, 2.05) is 45.0 Å². The highest BCUT2D eigenvalue weighted by atomic mass is 16.6. The number of aromatic nitrogens is 4. The number of benzene rings is 1. The Bertz CT molecular complexity index is 1220. The summed E-state index contributed by atoms with van der Waals surface area (Å²) in [6.07, 6.45) is 3.09. The zero-order valence-corrected chi connectivity index (χ0v) is 20.3. The summed E-state index contributed by atoms with van der Waals surface area (Å²) in [4.78, 5) is 41.4. The summed E-state index contributed by atoms with van der Waals surface area (Å²) in [6.45, 7) is 10.1. The lowest BCUT2D eigenvalue weighted by Gasteiger charge is -2.38. The summed E-state index contributed by atoms with van der Waals surface area (Å²) >= 11 is 0. The molecule has 0 amide bonds. The van der Waals surface area contributed by atoms with Crippen molar-refractivity contribution in [2.24, 2.45) is 7.05 Å². The molecule has 3 aromatic rings. The SMILES string of the molecule is C[C@@H]1C[NH+](c2ccc(C(=O)OC(C)(C)C)cc2)CCN1c1nc(-c2ccncn2)cc(=O)n1C. The number of ether oxygens (including phenoxy) is 1. The molecule has 178 valence electrons. The molecular weight excluding hydrogens is 432 g/mol. The monoisotopic (exact) mass is 463 g/mol. The van der Waals surface area contributed by atoms with Gasteiger partial charge in [-0.15, -0.1) is 0 Å². The van der Waals surface area contributed by atoms with E-state index >= 15 is 0 Å². The zero-order valence-electron chi connectivity index (χ0n) is 20.3. The van der Waals surface area contributed by atoms with Crippen LogP contribution in [-0.4, -0.2) is 56.8 Å². The molecule has 34 heavy (non-hydrogen) atoms. The van der Waals surface area contributed by atoms with Crippen molar-refractivity contribution in [1.29, 1.82) is 0 Å². The first-order chi connectivity index (χ1) is 16.1. The van der Waals surface area contributed by atoms with Crippen LogP contribution in [-0.2, 0) is 11.8 Å². The first-order valence-corrected chi connectivity index (χ1v) is 11.4. The van der Waals surface area contributed by atoms with Crippen LogP contribution in [0, 0.1) is 0 Å². The molecule has 1 fully saturated rings. The van der Waals surface area contributed by atoms with Crippen LogP contribution in [0.5, 0.6) is 0 Å². The molecule has 0 bridgehead atoms. The van der Waals surface area contributed by atoms with Crippen LogP contribution in [0.25, 0.3) is 11.4 Å². The minimum atomic E-state index is -0.522. The largest absolute Gasteiger partial charge is 0.456 e. The van der Waals surface area contributed by atoms with Gasteiger partial charge in [0.05, 0.1) is 36.1 Å². The second-order valence-electron chi connectivity index (χ2n) is 9.61. The van der Waals surface area contributed by atoms with Crippen molar-refractivity contribution in [3.8, 4) is 11.4 Å². The number of rotatable bonds is 4. The van der Waals surface area contributed by atoms with Crippen molar-refractivity contribution in [3.05, 3.63) is 64.8 Å². The lowest BCUT2D eigenvalue weighted by atomic mass is 10.1. The van der Waals surface area contributed by atoms with Crippen molar-refractivity contribution >= 4 is 17.6 Å². The summed E-state index contributed by atoms with van der Waals surface area (Å²) in [7, 11) is 1.75. The van der Waals surface area contributed by atoms with Gasteiger partial charge in [0.2, 0.25) is 5.95 Å². The molecule has 1 saturated heterocycles. The van der Waals surface area contributed by atoms with Gasteiger partial charge >= 0.3 is 5.97 Å². The maximum Gasteiger partial charge on any atom is 0.338 e. The van der Waals surface area contributed by atoms with E-state index in [4.69, 9.17) is 9.72 Å². The summed E-state index contributed by atoms with van der Waals surface area (Å²) in [5, 5.41) is 0. The van der Waals surface area contributed by atoms with Gasteiger partial charge in [-0.2, -0.15) is 0 Å². The smallest absolute Gasteiger partial charge is 0.338 e. The van der Waals surface area contributed by atoms with Gasteiger partial charge in [0.25, 0.3) is 5.56 Å². The predicted molar refractivity (Wildman–Crippen MR) is 129 cm³/mol. The van der Waals surface area contributed by atoms with Gasteiger partial charge in [0.15, 0.2) is 0 Å². The van der Waals surface area contributed by atoms with Crippen LogP contribution in [0.1, 0.15) is 38.1 Å². The Hall–Kier alpha value is -3.59. The number of hydrogen-bond donors (Lipinski definition) is 1. The number of piperazine rings is 1. The topological polar surface area (TPSA) is 94.7 Å².